The van der Waals surface area contributed by atoms with Crippen LogP contribution in [0.1, 0.15) is 11.1 Å². The van der Waals surface area contributed by atoms with Gasteiger partial charge in [0.25, 0.3) is 10.0 Å². The van der Waals surface area contributed by atoms with Crippen LogP contribution < -0.4 is 4.72 Å². The Morgan fingerprint density at radius 2 is 1.86 bits per heavy atom. The van der Waals surface area contributed by atoms with Crippen molar-refractivity contribution in [1.82, 2.24) is 0 Å². The van der Waals surface area contributed by atoms with E-state index >= 15 is 0 Å². The Kier molecular flexibility index (Phi) is 4.51. The van der Waals surface area contributed by atoms with Gasteiger partial charge in [0, 0.05) is 0 Å². The minimum atomic E-state index is -3.71. The molecule has 21 heavy (non-hydrogen) atoms. The molecule has 0 radical (unpaired) electrons. The Morgan fingerprint density at radius 1 is 1.19 bits per heavy atom. The normalized spacial score (nSPS) is 10.9. The molecular formula is C15H13ClN2O2S. The molecule has 0 bridgehead atoms. The van der Waals surface area contributed by atoms with E-state index in [-0.39, 0.29) is 11.3 Å². The summed E-state index contributed by atoms with van der Waals surface area (Å²) in [5, 5.41) is 8.96. The lowest BCUT2D eigenvalue weighted by molar-refractivity contribution is 0.601. The first-order valence-corrected chi connectivity index (χ1v) is 8.04. The summed E-state index contributed by atoms with van der Waals surface area (Å²) >= 11 is 6.03. The Bertz CT molecular complexity index is 773. The van der Waals surface area contributed by atoms with Gasteiger partial charge in [-0.05, 0) is 36.2 Å². The molecule has 0 heterocycles. The van der Waals surface area contributed by atoms with Crippen molar-refractivity contribution in [3.63, 3.8) is 0 Å². The van der Waals surface area contributed by atoms with E-state index < -0.39 is 10.0 Å². The van der Waals surface area contributed by atoms with Crippen molar-refractivity contribution in [2.24, 2.45) is 0 Å². The summed E-state index contributed by atoms with van der Waals surface area (Å²) in [4.78, 5) is 0.128. The highest BCUT2D eigenvalue weighted by Gasteiger charge is 2.16. The summed E-state index contributed by atoms with van der Waals surface area (Å²) in [6.07, 6.45) is 0.247. The number of hydrogen-bond acceptors (Lipinski definition) is 3. The van der Waals surface area contributed by atoms with Gasteiger partial charge in [-0.2, -0.15) is 5.26 Å². The van der Waals surface area contributed by atoms with E-state index in [2.05, 4.69) is 4.72 Å². The first-order chi connectivity index (χ1) is 9.94. The zero-order valence-corrected chi connectivity index (χ0v) is 12.9. The van der Waals surface area contributed by atoms with Crippen LogP contribution in [0, 0.1) is 18.3 Å². The smallest absolute Gasteiger partial charge is 0.261 e. The van der Waals surface area contributed by atoms with Gasteiger partial charge in [-0.3, -0.25) is 4.72 Å². The van der Waals surface area contributed by atoms with E-state index in [1.54, 1.807) is 37.3 Å². The summed E-state index contributed by atoms with van der Waals surface area (Å²) < 4.78 is 27.2. The van der Waals surface area contributed by atoms with Crippen LogP contribution >= 0.6 is 11.6 Å². The van der Waals surface area contributed by atoms with E-state index in [0.717, 1.165) is 11.1 Å². The SMILES string of the molecule is Cc1cccc(Cl)c1NS(=O)(=O)c1ccc(CC#N)cc1. The van der Waals surface area contributed by atoms with Gasteiger partial charge in [-0.15, -0.1) is 0 Å². The largest absolute Gasteiger partial charge is 0.278 e. The molecule has 0 amide bonds. The number of nitrogens with one attached hydrogen (secondary N) is 1. The van der Waals surface area contributed by atoms with Crippen LogP contribution in [-0.4, -0.2) is 8.42 Å². The number of nitriles is 1. The second kappa shape index (κ2) is 6.17. The van der Waals surface area contributed by atoms with Crippen LogP contribution in [0.25, 0.3) is 0 Å². The Labute approximate surface area is 129 Å². The summed E-state index contributed by atoms with van der Waals surface area (Å²) in [5.41, 5.74) is 1.89. The van der Waals surface area contributed by atoms with Crippen molar-refractivity contribution in [3.8, 4) is 6.07 Å². The first kappa shape index (κ1) is 15.4. The molecule has 0 aromatic heterocycles. The van der Waals surface area contributed by atoms with Crippen LogP contribution in [0.3, 0.4) is 0 Å². The molecule has 0 atom stereocenters. The molecule has 0 saturated carbocycles. The monoisotopic (exact) mass is 320 g/mol. The third-order valence-corrected chi connectivity index (χ3v) is 4.66. The second-order valence-corrected chi connectivity index (χ2v) is 6.61. The molecule has 2 aromatic rings. The van der Waals surface area contributed by atoms with Gasteiger partial charge >= 0.3 is 0 Å². The molecule has 0 aliphatic rings. The van der Waals surface area contributed by atoms with Crippen LogP contribution in [0.2, 0.25) is 5.02 Å². The topological polar surface area (TPSA) is 70.0 Å². The number of aryl methyl sites for hydroxylation is 1. The molecule has 0 spiro atoms. The molecule has 108 valence electrons. The van der Waals surface area contributed by atoms with Crippen molar-refractivity contribution in [3.05, 3.63) is 58.6 Å². The summed E-state index contributed by atoms with van der Waals surface area (Å²) in [6.45, 7) is 1.78. The van der Waals surface area contributed by atoms with Gasteiger partial charge in [-0.25, -0.2) is 8.42 Å². The third kappa shape index (κ3) is 3.54. The quantitative estimate of drug-likeness (QED) is 0.937. The van der Waals surface area contributed by atoms with Crippen molar-refractivity contribution in [2.75, 3.05) is 4.72 Å². The number of hydrogen-bond donors (Lipinski definition) is 1. The Hall–Kier alpha value is -2.03. The molecule has 1 N–H and O–H groups in total. The minimum Gasteiger partial charge on any atom is -0.278 e. The van der Waals surface area contributed by atoms with Crippen molar-refractivity contribution in [2.45, 2.75) is 18.2 Å². The lowest BCUT2D eigenvalue weighted by atomic mass is 10.2. The zero-order chi connectivity index (χ0) is 15.5. The molecule has 0 aliphatic heterocycles. The maximum absolute atomic E-state index is 12.3. The molecule has 2 rings (SSSR count). The number of sulfonamides is 1. The maximum Gasteiger partial charge on any atom is 0.261 e. The van der Waals surface area contributed by atoms with Crippen molar-refractivity contribution in [1.29, 1.82) is 5.26 Å². The van der Waals surface area contributed by atoms with Gasteiger partial charge < -0.3 is 0 Å². The van der Waals surface area contributed by atoms with E-state index in [0.29, 0.717) is 10.7 Å². The minimum absolute atomic E-state index is 0.128. The average Bonchev–Trinajstić information content (AvgIpc) is 2.44. The number of para-hydroxylation sites is 1. The highest BCUT2D eigenvalue weighted by Crippen LogP contribution is 2.27. The molecule has 4 nitrogen and oxygen atoms in total. The fraction of sp³-hybridized carbons (Fsp3) is 0.133. The predicted octanol–water partition coefficient (Wildman–Crippen LogP) is 3.52. The second-order valence-electron chi connectivity index (χ2n) is 4.52. The fourth-order valence-corrected chi connectivity index (χ4v) is 3.31. The van der Waals surface area contributed by atoms with E-state index in [1.165, 1.54) is 12.1 Å². The number of benzene rings is 2. The number of nitrogens with zero attached hydrogens (tertiary/aromatic N) is 1. The Balaban J connectivity index is 2.32. The number of anilines is 1. The van der Waals surface area contributed by atoms with Gasteiger partial charge in [0.1, 0.15) is 0 Å². The van der Waals surface area contributed by atoms with Crippen LogP contribution in [0.5, 0.6) is 0 Å². The first-order valence-electron chi connectivity index (χ1n) is 6.18. The van der Waals surface area contributed by atoms with E-state index in [1.807, 2.05) is 6.07 Å². The van der Waals surface area contributed by atoms with E-state index in [4.69, 9.17) is 16.9 Å². The van der Waals surface area contributed by atoms with Crippen molar-refractivity contribution < 1.29 is 8.42 Å². The summed E-state index contributed by atoms with van der Waals surface area (Å²) in [7, 11) is -3.71. The highest BCUT2D eigenvalue weighted by atomic mass is 35.5. The molecule has 0 aliphatic carbocycles. The predicted molar refractivity (Wildman–Crippen MR) is 82.8 cm³/mol. The summed E-state index contributed by atoms with van der Waals surface area (Å²) in [5.74, 6) is 0. The summed E-state index contributed by atoms with van der Waals surface area (Å²) in [6, 6.07) is 13.4. The lowest BCUT2D eigenvalue weighted by Crippen LogP contribution is -2.14. The van der Waals surface area contributed by atoms with Crippen molar-refractivity contribution >= 4 is 27.3 Å². The molecule has 6 heteroatoms. The Morgan fingerprint density at radius 3 is 2.43 bits per heavy atom. The molecule has 0 unspecified atom stereocenters. The molecule has 0 fully saturated rings. The lowest BCUT2D eigenvalue weighted by Gasteiger charge is -2.12. The van der Waals surface area contributed by atoms with Gasteiger partial charge in [0.15, 0.2) is 0 Å². The van der Waals surface area contributed by atoms with Crippen LogP contribution in [0.4, 0.5) is 5.69 Å². The average molecular weight is 321 g/mol. The molecule has 0 saturated heterocycles. The maximum atomic E-state index is 12.3. The highest BCUT2D eigenvalue weighted by molar-refractivity contribution is 7.92. The molecular weight excluding hydrogens is 308 g/mol. The fourth-order valence-electron chi connectivity index (χ4n) is 1.83. The molecule has 2 aromatic carbocycles. The zero-order valence-electron chi connectivity index (χ0n) is 11.3. The standard InChI is InChI=1S/C15H13ClN2O2S/c1-11-3-2-4-14(16)15(11)18-21(19,20)13-7-5-12(6-8-13)9-10-17/h2-8,18H,9H2,1H3. The van der Waals surface area contributed by atoms with Crippen LogP contribution in [-0.2, 0) is 16.4 Å². The van der Waals surface area contributed by atoms with Gasteiger partial charge in [-0.1, -0.05) is 35.9 Å². The number of rotatable bonds is 4. The van der Waals surface area contributed by atoms with Crippen LogP contribution in [0.15, 0.2) is 47.4 Å². The van der Waals surface area contributed by atoms with Gasteiger partial charge in [0.2, 0.25) is 0 Å². The van der Waals surface area contributed by atoms with Gasteiger partial charge in [0.05, 0.1) is 28.1 Å². The number of halogens is 1. The third-order valence-electron chi connectivity index (χ3n) is 2.98. The van der Waals surface area contributed by atoms with E-state index in [9.17, 15) is 8.42 Å².